The van der Waals surface area contributed by atoms with Crippen molar-refractivity contribution >= 4 is 5.91 Å². The van der Waals surface area contributed by atoms with Crippen LogP contribution < -0.4 is 10.1 Å². The monoisotopic (exact) mass is 372 g/mol. The minimum Gasteiger partial charge on any atom is -0.487 e. The molecule has 1 aliphatic carbocycles. The van der Waals surface area contributed by atoms with Gasteiger partial charge in [-0.1, -0.05) is 18.6 Å². The van der Waals surface area contributed by atoms with Gasteiger partial charge in [0.05, 0.1) is 0 Å². The summed E-state index contributed by atoms with van der Waals surface area (Å²) in [6, 6.07) is 6.26. The second-order valence-corrected chi connectivity index (χ2v) is 9.27. The van der Waals surface area contributed by atoms with Crippen molar-refractivity contribution in [2.24, 2.45) is 5.92 Å². The highest BCUT2D eigenvalue weighted by molar-refractivity contribution is 5.86. The van der Waals surface area contributed by atoms with Gasteiger partial charge >= 0.3 is 0 Å². The van der Waals surface area contributed by atoms with Crippen LogP contribution in [-0.4, -0.2) is 46.7 Å². The van der Waals surface area contributed by atoms with Gasteiger partial charge in [-0.2, -0.15) is 0 Å². The SMILES string of the molecule is CC1(C)Cc2cc(CNCC3(O)CCCN(CC4CCC4)C3=O)ccc2O1. The Balaban J connectivity index is 1.32. The zero-order valence-corrected chi connectivity index (χ0v) is 16.6. The maximum Gasteiger partial charge on any atom is 0.255 e. The predicted octanol–water partition coefficient (Wildman–Crippen LogP) is 2.64. The molecule has 5 heteroatoms. The largest absolute Gasteiger partial charge is 0.487 e. The fourth-order valence-electron chi connectivity index (χ4n) is 4.58. The van der Waals surface area contributed by atoms with Crippen molar-refractivity contribution in [3.63, 3.8) is 0 Å². The van der Waals surface area contributed by atoms with E-state index in [1.165, 1.54) is 24.8 Å². The number of carbonyl (C=O) groups is 1. The Morgan fingerprint density at radius 3 is 2.85 bits per heavy atom. The van der Waals surface area contributed by atoms with E-state index in [2.05, 4.69) is 31.3 Å². The molecule has 2 fully saturated rings. The van der Waals surface area contributed by atoms with Gasteiger partial charge < -0.3 is 20.1 Å². The fraction of sp³-hybridized carbons (Fsp3) is 0.682. The molecule has 1 saturated heterocycles. The summed E-state index contributed by atoms with van der Waals surface area (Å²) in [7, 11) is 0. The van der Waals surface area contributed by atoms with E-state index < -0.39 is 5.60 Å². The molecule has 0 spiro atoms. The van der Waals surface area contributed by atoms with Crippen LogP contribution in [0.15, 0.2) is 18.2 Å². The van der Waals surface area contributed by atoms with Gasteiger partial charge in [-0.05, 0) is 62.6 Å². The number of fused-ring (bicyclic) bond motifs is 1. The first-order valence-electron chi connectivity index (χ1n) is 10.4. The Labute approximate surface area is 162 Å². The molecular formula is C22H32N2O3. The molecule has 1 aromatic rings. The smallest absolute Gasteiger partial charge is 0.255 e. The number of piperidine rings is 1. The second-order valence-electron chi connectivity index (χ2n) is 9.27. The number of carbonyl (C=O) groups excluding carboxylic acids is 1. The lowest BCUT2D eigenvalue weighted by Gasteiger charge is -2.41. The van der Waals surface area contributed by atoms with Crippen molar-refractivity contribution in [3.05, 3.63) is 29.3 Å². The van der Waals surface area contributed by atoms with Crippen molar-refractivity contribution in [1.29, 1.82) is 0 Å². The number of benzene rings is 1. The van der Waals surface area contributed by atoms with E-state index in [4.69, 9.17) is 4.74 Å². The molecule has 0 aromatic heterocycles. The first-order valence-corrected chi connectivity index (χ1v) is 10.4. The highest BCUT2D eigenvalue weighted by atomic mass is 16.5. The number of ether oxygens (including phenoxy) is 1. The Kier molecular flexibility index (Phi) is 4.93. The van der Waals surface area contributed by atoms with Crippen molar-refractivity contribution < 1.29 is 14.6 Å². The number of hydrogen-bond donors (Lipinski definition) is 2. The van der Waals surface area contributed by atoms with E-state index in [9.17, 15) is 9.90 Å². The zero-order chi connectivity index (χ0) is 19.1. The molecule has 4 rings (SSSR count). The summed E-state index contributed by atoms with van der Waals surface area (Å²) in [6.45, 7) is 6.77. The molecule has 0 radical (unpaired) electrons. The van der Waals surface area contributed by atoms with Gasteiger partial charge in [0, 0.05) is 32.6 Å². The van der Waals surface area contributed by atoms with E-state index in [1.54, 1.807) is 0 Å². The molecule has 1 aromatic carbocycles. The number of nitrogens with zero attached hydrogens (tertiary/aromatic N) is 1. The molecular weight excluding hydrogens is 340 g/mol. The Morgan fingerprint density at radius 1 is 1.30 bits per heavy atom. The summed E-state index contributed by atoms with van der Waals surface area (Å²) in [5.41, 5.74) is 0.998. The van der Waals surface area contributed by atoms with Gasteiger partial charge in [0.1, 0.15) is 11.4 Å². The maximum absolute atomic E-state index is 12.8. The number of aliphatic hydroxyl groups is 1. The van der Waals surface area contributed by atoms with Gasteiger partial charge in [-0.3, -0.25) is 4.79 Å². The van der Waals surface area contributed by atoms with Crippen molar-refractivity contribution in [3.8, 4) is 5.75 Å². The Bertz CT molecular complexity index is 714. The molecule has 1 saturated carbocycles. The standard InChI is InChI=1S/C22H32N2O3/c1-21(2)12-18-11-17(7-8-19(18)27-21)13-23-15-22(26)9-4-10-24(20(22)25)14-16-5-3-6-16/h7-8,11,16,23,26H,3-6,9-10,12-15H2,1-2H3. The van der Waals surface area contributed by atoms with Crippen molar-refractivity contribution in [1.82, 2.24) is 10.2 Å². The molecule has 2 aliphatic heterocycles. The second kappa shape index (κ2) is 7.10. The lowest BCUT2D eigenvalue weighted by Crippen LogP contribution is -2.58. The predicted molar refractivity (Wildman–Crippen MR) is 105 cm³/mol. The first kappa shape index (κ1) is 18.8. The molecule has 1 atom stereocenters. The van der Waals surface area contributed by atoms with Crippen LogP contribution in [0.1, 0.15) is 57.1 Å². The molecule has 0 bridgehead atoms. The number of rotatable bonds is 6. The van der Waals surface area contributed by atoms with Gasteiger partial charge in [0.2, 0.25) is 0 Å². The first-order chi connectivity index (χ1) is 12.8. The van der Waals surface area contributed by atoms with E-state index in [0.717, 1.165) is 37.2 Å². The molecule has 5 nitrogen and oxygen atoms in total. The van der Waals surface area contributed by atoms with E-state index in [1.807, 2.05) is 11.0 Å². The third kappa shape index (κ3) is 3.99. The van der Waals surface area contributed by atoms with Crippen LogP contribution in [0, 0.1) is 5.92 Å². The molecule has 148 valence electrons. The van der Waals surface area contributed by atoms with Gasteiger partial charge in [-0.25, -0.2) is 0 Å². The summed E-state index contributed by atoms with van der Waals surface area (Å²) < 4.78 is 5.93. The lowest BCUT2D eigenvalue weighted by atomic mass is 9.83. The average molecular weight is 373 g/mol. The minimum atomic E-state index is -1.26. The van der Waals surface area contributed by atoms with Gasteiger partial charge in [0.15, 0.2) is 5.60 Å². The topological polar surface area (TPSA) is 61.8 Å². The van der Waals surface area contributed by atoms with Crippen LogP contribution in [-0.2, 0) is 17.8 Å². The number of likely N-dealkylation sites (tertiary alicyclic amines) is 1. The van der Waals surface area contributed by atoms with Crippen LogP contribution in [0.5, 0.6) is 5.75 Å². The molecule has 1 unspecified atom stereocenters. The Morgan fingerprint density at radius 2 is 2.11 bits per heavy atom. The summed E-state index contributed by atoms with van der Waals surface area (Å²) in [4.78, 5) is 14.7. The van der Waals surface area contributed by atoms with Crippen LogP contribution in [0.3, 0.4) is 0 Å². The summed E-state index contributed by atoms with van der Waals surface area (Å²) in [6.07, 6.45) is 6.06. The highest BCUT2D eigenvalue weighted by Crippen LogP contribution is 2.35. The number of amides is 1. The Hall–Kier alpha value is -1.59. The highest BCUT2D eigenvalue weighted by Gasteiger charge is 2.42. The molecule has 2 heterocycles. The molecule has 1 amide bonds. The average Bonchev–Trinajstić information content (AvgIpc) is 2.88. The van der Waals surface area contributed by atoms with E-state index >= 15 is 0 Å². The van der Waals surface area contributed by atoms with Crippen LogP contribution in [0.4, 0.5) is 0 Å². The summed E-state index contributed by atoms with van der Waals surface area (Å²) in [5.74, 6) is 1.52. The van der Waals surface area contributed by atoms with E-state index in [-0.39, 0.29) is 11.5 Å². The van der Waals surface area contributed by atoms with Gasteiger partial charge in [0.25, 0.3) is 5.91 Å². The summed E-state index contributed by atoms with van der Waals surface area (Å²) in [5, 5.41) is 14.3. The summed E-state index contributed by atoms with van der Waals surface area (Å²) >= 11 is 0. The number of nitrogens with one attached hydrogen (secondary N) is 1. The fourth-order valence-corrected chi connectivity index (χ4v) is 4.58. The minimum absolute atomic E-state index is 0.0859. The normalized spacial score (nSPS) is 27.2. The quantitative estimate of drug-likeness (QED) is 0.806. The zero-order valence-electron chi connectivity index (χ0n) is 16.6. The maximum atomic E-state index is 12.8. The van der Waals surface area contributed by atoms with Gasteiger partial charge in [-0.15, -0.1) is 0 Å². The van der Waals surface area contributed by atoms with Crippen LogP contribution in [0.2, 0.25) is 0 Å². The van der Waals surface area contributed by atoms with E-state index in [0.29, 0.717) is 25.4 Å². The third-order valence-electron chi connectivity index (χ3n) is 6.28. The molecule has 3 aliphatic rings. The van der Waals surface area contributed by atoms with Crippen LogP contribution in [0.25, 0.3) is 0 Å². The van der Waals surface area contributed by atoms with Crippen molar-refractivity contribution in [2.75, 3.05) is 19.6 Å². The van der Waals surface area contributed by atoms with Crippen molar-refractivity contribution in [2.45, 2.75) is 70.1 Å². The lowest BCUT2D eigenvalue weighted by molar-refractivity contribution is -0.157. The molecule has 27 heavy (non-hydrogen) atoms. The van der Waals surface area contributed by atoms with Crippen LogP contribution >= 0.6 is 0 Å². The molecule has 2 N–H and O–H groups in total. The number of hydrogen-bond acceptors (Lipinski definition) is 4. The third-order valence-corrected chi connectivity index (χ3v) is 6.28.